The Morgan fingerprint density at radius 3 is 2.48 bits per heavy atom. The monoisotopic (exact) mass is 370 g/mol. The Kier molecular flexibility index (Phi) is 5.16. The first-order valence-corrected chi connectivity index (χ1v) is 15.1. The van der Waals surface area contributed by atoms with Crippen molar-refractivity contribution >= 4 is 45.5 Å². The van der Waals surface area contributed by atoms with E-state index in [0.717, 1.165) is 0 Å². The van der Waals surface area contributed by atoms with Gasteiger partial charge in [0.1, 0.15) is 11.8 Å². The minimum Gasteiger partial charge on any atom is -0.530 e. The molecule has 1 N–H and O–H groups in total. The van der Waals surface area contributed by atoms with Crippen LogP contribution in [0.4, 0.5) is 0 Å². The van der Waals surface area contributed by atoms with Gasteiger partial charge >= 0.3 is 5.97 Å². The molecule has 0 radical (unpaired) electrons. The van der Waals surface area contributed by atoms with Crippen LogP contribution in [0.2, 0.25) is 39.3 Å². The van der Waals surface area contributed by atoms with Gasteiger partial charge in [0.05, 0.1) is 5.75 Å². The number of H-pyrrole nitrogens is 1. The second-order valence-electron chi connectivity index (χ2n) is 7.01. The summed E-state index contributed by atoms with van der Waals surface area (Å²) in [5.74, 6) is 0.499. The predicted octanol–water partition coefficient (Wildman–Crippen LogP) is 3.04. The Balaban J connectivity index is 2.11. The molecule has 7 nitrogen and oxygen atoms in total. The molecule has 0 aromatic carbocycles. The number of fused-ring (bicyclic) bond motifs is 1. The lowest BCUT2D eigenvalue weighted by Gasteiger charge is -2.17. The molecule has 0 saturated heterocycles. The maximum atomic E-state index is 11.8. The summed E-state index contributed by atoms with van der Waals surface area (Å²) < 4.78 is 11.4. The minimum absolute atomic E-state index is 0.210. The van der Waals surface area contributed by atoms with Crippen LogP contribution in [-0.4, -0.2) is 48.3 Å². The van der Waals surface area contributed by atoms with Crippen LogP contribution in [-0.2, 0) is 9.22 Å². The van der Waals surface area contributed by atoms with E-state index in [2.05, 4.69) is 39.6 Å². The van der Waals surface area contributed by atoms with Crippen molar-refractivity contribution in [3.05, 3.63) is 6.33 Å². The molecule has 0 fully saturated rings. The lowest BCUT2D eigenvalue weighted by molar-refractivity contribution is -0.132. The Morgan fingerprint density at radius 1 is 1.17 bits per heavy atom. The zero-order valence-electron chi connectivity index (χ0n) is 14.3. The second-order valence-corrected chi connectivity index (χ2v) is 16.8. The van der Waals surface area contributed by atoms with E-state index in [1.54, 1.807) is 0 Å². The average molecular weight is 371 g/mol. The predicted molar refractivity (Wildman–Crippen MR) is 95.8 cm³/mol. The van der Waals surface area contributed by atoms with Gasteiger partial charge in [0, 0.05) is 0 Å². The third-order valence-electron chi connectivity index (χ3n) is 2.38. The van der Waals surface area contributed by atoms with Gasteiger partial charge in [-0.25, -0.2) is 15.0 Å². The molecule has 2 aromatic rings. The quantitative estimate of drug-likeness (QED) is 0.617. The topological polar surface area (TPSA) is 90.0 Å². The molecule has 0 saturated carbocycles. The average Bonchev–Trinajstić information content (AvgIpc) is 2.76. The van der Waals surface area contributed by atoms with Crippen molar-refractivity contribution in [3.63, 3.8) is 0 Å². The van der Waals surface area contributed by atoms with E-state index >= 15 is 0 Å². The van der Waals surface area contributed by atoms with Crippen LogP contribution in [0.3, 0.4) is 0 Å². The summed E-state index contributed by atoms with van der Waals surface area (Å²) in [7, 11) is -3.64. The largest absolute Gasteiger partial charge is 0.530 e. The number of imidazole rings is 1. The van der Waals surface area contributed by atoms with E-state index in [-0.39, 0.29) is 11.7 Å². The molecule has 0 unspecified atom stereocenters. The zero-order chi connectivity index (χ0) is 17.3. The van der Waals surface area contributed by atoms with Gasteiger partial charge < -0.3 is 13.8 Å². The maximum absolute atomic E-state index is 11.8. The number of aromatic nitrogens is 4. The number of nitrogens with one attached hydrogen (secondary N) is 1. The van der Waals surface area contributed by atoms with E-state index < -0.39 is 16.6 Å². The van der Waals surface area contributed by atoms with Crippen LogP contribution in [0.25, 0.3) is 11.2 Å². The fraction of sp³-hybridized carbons (Fsp3) is 0.538. The molecule has 0 spiro atoms. The maximum Gasteiger partial charge on any atom is 0.303 e. The zero-order valence-corrected chi connectivity index (χ0v) is 17.1. The van der Waals surface area contributed by atoms with E-state index in [9.17, 15) is 4.79 Å². The van der Waals surface area contributed by atoms with Crippen LogP contribution in [0.5, 0.6) is 5.88 Å². The van der Waals surface area contributed by atoms with Gasteiger partial charge in [-0.15, -0.1) is 0 Å². The highest BCUT2D eigenvalue weighted by Gasteiger charge is 2.22. The molecule has 10 heteroatoms. The summed E-state index contributed by atoms with van der Waals surface area (Å²) in [6.07, 6.45) is 1.44. The van der Waals surface area contributed by atoms with Crippen LogP contribution >= 0.6 is 11.8 Å². The molecule has 2 aromatic heterocycles. The van der Waals surface area contributed by atoms with E-state index in [1.807, 2.05) is 19.6 Å². The van der Waals surface area contributed by atoms with Crippen LogP contribution in [0, 0.1) is 0 Å². The second kappa shape index (κ2) is 6.61. The third-order valence-corrected chi connectivity index (χ3v) is 4.87. The van der Waals surface area contributed by atoms with E-state index in [4.69, 9.17) is 8.85 Å². The molecule has 0 aliphatic carbocycles. The van der Waals surface area contributed by atoms with E-state index in [0.29, 0.717) is 22.2 Å². The molecule has 0 bridgehead atoms. The Hall–Kier alpha value is -1.40. The Morgan fingerprint density at radius 2 is 1.87 bits per heavy atom. The highest BCUT2D eigenvalue weighted by molar-refractivity contribution is 7.99. The normalized spacial score (nSPS) is 12.4. The smallest absolute Gasteiger partial charge is 0.303 e. The van der Waals surface area contributed by atoms with Gasteiger partial charge in [-0.2, -0.15) is 0 Å². The van der Waals surface area contributed by atoms with E-state index in [1.165, 1.54) is 18.1 Å². The first-order chi connectivity index (χ1) is 10.5. The van der Waals surface area contributed by atoms with Crippen molar-refractivity contribution < 1.29 is 13.6 Å². The van der Waals surface area contributed by atoms with Gasteiger partial charge in [-0.1, -0.05) is 11.8 Å². The van der Waals surface area contributed by atoms with Gasteiger partial charge in [0.25, 0.3) is 0 Å². The summed E-state index contributed by atoms with van der Waals surface area (Å²) in [5.41, 5.74) is 1.20. The molecule has 23 heavy (non-hydrogen) atoms. The van der Waals surface area contributed by atoms with Crippen LogP contribution < -0.4 is 4.43 Å². The number of rotatable bonds is 6. The number of carbonyl (C=O) groups is 1. The van der Waals surface area contributed by atoms with Gasteiger partial charge in [-0.3, -0.25) is 4.79 Å². The van der Waals surface area contributed by atoms with Gasteiger partial charge in [-0.05, 0) is 39.3 Å². The number of hydrogen-bond donors (Lipinski definition) is 1. The van der Waals surface area contributed by atoms with Crippen LogP contribution in [0.1, 0.15) is 0 Å². The summed E-state index contributed by atoms with van der Waals surface area (Å²) in [5, 5.41) is 0.605. The van der Waals surface area contributed by atoms with Crippen molar-refractivity contribution in [2.75, 3.05) is 5.75 Å². The standard InChI is InChI=1S/C13H22N4O3SSi2/c1-22(2,3)19-9(18)7-21-13-16-10-11(17-13)14-8-15-12(10)20-23(4,5)6/h8H,7H2,1-6H3,(H,14,15,16,17). The molecule has 0 amide bonds. The van der Waals surface area contributed by atoms with Crippen molar-refractivity contribution in [1.29, 1.82) is 0 Å². The molecule has 126 valence electrons. The molecule has 0 aliphatic heterocycles. The van der Waals surface area contributed by atoms with Crippen molar-refractivity contribution in [1.82, 2.24) is 19.9 Å². The van der Waals surface area contributed by atoms with Crippen molar-refractivity contribution in [2.45, 2.75) is 44.4 Å². The molecule has 2 heterocycles. The number of aromatic amines is 1. The SMILES string of the molecule is C[Si](C)(C)OC(=O)CSc1nc2ncnc(O[Si](C)(C)C)c2[nH]1. The number of nitrogens with zero attached hydrogens (tertiary/aromatic N) is 3. The van der Waals surface area contributed by atoms with Crippen molar-refractivity contribution in [3.8, 4) is 5.88 Å². The molecule has 2 rings (SSSR count). The fourth-order valence-corrected chi connectivity index (χ4v) is 3.95. The first-order valence-electron chi connectivity index (χ1n) is 7.28. The number of carbonyl (C=O) groups excluding carboxylic acids is 1. The summed E-state index contributed by atoms with van der Waals surface area (Å²) in [4.78, 5) is 27.6. The molecular formula is C13H22N4O3SSi2. The van der Waals surface area contributed by atoms with Crippen molar-refractivity contribution in [2.24, 2.45) is 0 Å². The van der Waals surface area contributed by atoms with Gasteiger partial charge in [0.2, 0.25) is 22.5 Å². The third kappa shape index (κ3) is 5.63. The van der Waals surface area contributed by atoms with Crippen LogP contribution in [0.15, 0.2) is 11.5 Å². The molecule has 0 aliphatic rings. The summed E-state index contributed by atoms with van der Waals surface area (Å²) >= 11 is 1.29. The molecular weight excluding hydrogens is 348 g/mol. The number of thioether (sulfide) groups is 1. The first kappa shape index (κ1) is 17.9. The highest BCUT2D eigenvalue weighted by Crippen LogP contribution is 2.25. The van der Waals surface area contributed by atoms with Gasteiger partial charge in [0.15, 0.2) is 10.8 Å². The lowest BCUT2D eigenvalue weighted by Crippen LogP contribution is -2.30. The number of hydrogen-bond acceptors (Lipinski definition) is 7. The Bertz CT molecular complexity index is 709. The Labute approximate surface area is 141 Å². The summed E-state index contributed by atoms with van der Waals surface area (Å²) in [6, 6.07) is 0. The summed E-state index contributed by atoms with van der Waals surface area (Å²) in [6.45, 7) is 12.2. The highest BCUT2D eigenvalue weighted by atomic mass is 32.2. The minimum atomic E-state index is -1.86. The molecule has 0 atom stereocenters. The fourth-order valence-electron chi connectivity index (χ4n) is 1.72. The lowest BCUT2D eigenvalue weighted by atomic mass is 10.5.